The second kappa shape index (κ2) is 6.10. The van der Waals surface area contributed by atoms with Crippen molar-refractivity contribution in [3.05, 3.63) is 41.9 Å². The van der Waals surface area contributed by atoms with E-state index in [0.29, 0.717) is 11.6 Å². The Hall–Kier alpha value is -1.86. The van der Waals surface area contributed by atoms with Crippen LogP contribution in [0.3, 0.4) is 0 Å². The molecule has 1 aromatic carbocycles. The van der Waals surface area contributed by atoms with Crippen LogP contribution in [0.4, 0.5) is 0 Å². The number of aryl methyl sites for hydroxylation is 2. The van der Waals surface area contributed by atoms with Crippen LogP contribution in [0.1, 0.15) is 24.4 Å². The van der Waals surface area contributed by atoms with Crippen LogP contribution in [0, 0.1) is 6.92 Å². The van der Waals surface area contributed by atoms with Gasteiger partial charge in [0.15, 0.2) is 5.03 Å². The monoisotopic (exact) mass is 323 g/mol. The van der Waals surface area contributed by atoms with Gasteiger partial charge in [-0.2, -0.15) is 4.31 Å². The van der Waals surface area contributed by atoms with Gasteiger partial charge < -0.3 is 9.30 Å². The summed E-state index contributed by atoms with van der Waals surface area (Å²) in [5.74, 6) is 1.35. The summed E-state index contributed by atoms with van der Waals surface area (Å²) >= 11 is 0. The summed E-state index contributed by atoms with van der Waals surface area (Å²) < 4.78 is 33.6. The molecule has 2 aromatic rings. The van der Waals surface area contributed by atoms with Gasteiger partial charge in [0.1, 0.15) is 11.6 Å². The molecule has 0 spiro atoms. The smallest absolute Gasteiger partial charge is 0.262 e. The lowest BCUT2D eigenvalue weighted by molar-refractivity contribution is 0.390. The number of ether oxygens (including phenoxy) is 1. The lowest BCUT2D eigenvalue weighted by Crippen LogP contribution is -2.30. The Kier molecular flexibility index (Phi) is 4.58. The molecule has 0 saturated heterocycles. The molecule has 1 aromatic heterocycles. The molecule has 1 atom stereocenters. The third-order valence-electron chi connectivity index (χ3n) is 3.85. The summed E-state index contributed by atoms with van der Waals surface area (Å²) in [6.07, 6.45) is 1.53. The number of rotatable bonds is 5. The second-order valence-corrected chi connectivity index (χ2v) is 7.16. The van der Waals surface area contributed by atoms with E-state index < -0.39 is 10.0 Å². The molecule has 0 amide bonds. The summed E-state index contributed by atoms with van der Waals surface area (Å²) in [5, 5.41) is 0.0600. The minimum Gasteiger partial charge on any atom is -0.497 e. The number of imidazole rings is 1. The fraction of sp³-hybridized carbons (Fsp3) is 0.400. The quantitative estimate of drug-likeness (QED) is 0.845. The molecule has 0 radical (unpaired) electrons. The normalized spacial score (nSPS) is 13.4. The summed E-state index contributed by atoms with van der Waals surface area (Å²) in [6, 6.07) is 7.05. The Morgan fingerprint density at radius 1 is 1.36 bits per heavy atom. The van der Waals surface area contributed by atoms with Crippen LogP contribution in [0.5, 0.6) is 5.75 Å². The fourth-order valence-electron chi connectivity index (χ4n) is 2.12. The van der Waals surface area contributed by atoms with Gasteiger partial charge in [0.25, 0.3) is 10.0 Å². The molecular formula is C15H21N3O3S. The molecule has 0 aliphatic rings. The predicted octanol–water partition coefficient (Wildman–Crippen LogP) is 2.12. The van der Waals surface area contributed by atoms with Gasteiger partial charge in [0.2, 0.25) is 0 Å². The molecule has 0 aliphatic heterocycles. The highest BCUT2D eigenvalue weighted by molar-refractivity contribution is 7.89. The van der Waals surface area contributed by atoms with Crippen molar-refractivity contribution >= 4 is 10.0 Å². The van der Waals surface area contributed by atoms with E-state index in [4.69, 9.17) is 4.74 Å². The first kappa shape index (κ1) is 16.5. The number of aromatic nitrogens is 2. The van der Waals surface area contributed by atoms with Crippen molar-refractivity contribution in [1.82, 2.24) is 13.9 Å². The van der Waals surface area contributed by atoms with Crippen LogP contribution in [-0.4, -0.2) is 36.4 Å². The molecule has 0 aliphatic carbocycles. The zero-order valence-corrected chi connectivity index (χ0v) is 14.3. The van der Waals surface area contributed by atoms with Crippen molar-refractivity contribution in [3.63, 3.8) is 0 Å². The Morgan fingerprint density at radius 3 is 2.59 bits per heavy atom. The molecule has 0 bridgehead atoms. The Bertz CT molecular complexity index is 749. The van der Waals surface area contributed by atoms with Gasteiger partial charge >= 0.3 is 0 Å². The van der Waals surface area contributed by atoms with E-state index in [1.54, 1.807) is 32.7 Å². The summed E-state index contributed by atoms with van der Waals surface area (Å²) in [5.41, 5.74) is 0.859. The zero-order chi connectivity index (χ0) is 16.5. The number of sulfonamides is 1. The SMILES string of the molecule is COc1cccc(C(C)N(C)S(=O)(=O)c2cn(C)c(C)n2)c1. The van der Waals surface area contributed by atoms with Crippen molar-refractivity contribution < 1.29 is 13.2 Å². The maximum atomic E-state index is 12.7. The van der Waals surface area contributed by atoms with Crippen molar-refractivity contribution in [2.24, 2.45) is 7.05 Å². The minimum atomic E-state index is -3.65. The lowest BCUT2D eigenvalue weighted by Gasteiger charge is -2.24. The molecular weight excluding hydrogens is 302 g/mol. The van der Waals surface area contributed by atoms with E-state index >= 15 is 0 Å². The molecule has 6 nitrogen and oxygen atoms in total. The molecule has 120 valence electrons. The van der Waals surface area contributed by atoms with Crippen LogP contribution < -0.4 is 4.74 Å². The van der Waals surface area contributed by atoms with E-state index in [2.05, 4.69) is 4.98 Å². The largest absolute Gasteiger partial charge is 0.497 e. The molecule has 0 saturated carbocycles. The first-order chi connectivity index (χ1) is 10.3. The lowest BCUT2D eigenvalue weighted by atomic mass is 10.1. The van der Waals surface area contributed by atoms with Gasteiger partial charge in [0.05, 0.1) is 7.11 Å². The average molecular weight is 323 g/mol. The third kappa shape index (κ3) is 3.00. The summed E-state index contributed by atoms with van der Waals surface area (Å²) in [6.45, 7) is 3.60. The standard InChI is InChI=1S/C15H21N3O3S/c1-11(13-7-6-8-14(9-13)21-5)18(4)22(19,20)15-10-17(3)12(2)16-15/h6-11H,1-5H3. The predicted molar refractivity (Wildman–Crippen MR) is 84.3 cm³/mol. The minimum absolute atomic E-state index is 0.0600. The Morgan fingerprint density at radius 2 is 2.05 bits per heavy atom. The molecule has 22 heavy (non-hydrogen) atoms. The van der Waals surface area contributed by atoms with Crippen molar-refractivity contribution in [2.45, 2.75) is 24.9 Å². The molecule has 1 heterocycles. The third-order valence-corrected chi connectivity index (χ3v) is 5.65. The maximum Gasteiger partial charge on any atom is 0.262 e. The number of hydrogen-bond acceptors (Lipinski definition) is 4. The summed E-state index contributed by atoms with van der Waals surface area (Å²) in [7, 11) is 1.27. The topological polar surface area (TPSA) is 64.4 Å². The fourth-order valence-corrected chi connectivity index (χ4v) is 3.49. The highest BCUT2D eigenvalue weighted by Gasteiger charge is 2.29. The highest BCUT2D eigenvalue weighted by Crippen LogP contribution is 2.27. The van der Waals surface area contributed by atoms with E-state index in [0.717, 1.165) is 5.56 Å². The molecule has 0 fully saturated rings. The first-order valence-electron chi connectivity index (χ1n) is 6.89. The summed E-state index contributed by atoms with van der Waals surface area (Å²) in [4.78, 5) is 4.12. The van der Waals surface area contributed by atoms with Gasteiger partial charge in [-0.25, -0.2) is 13.4 Å². The van der Waals surface area contributed by atoms with E-state index in [9.17, 15) is 8.42 Å². The molecule has 0 N–H and O–H groups in total. The molecule has 2 rings (SSSR count). The van der Waals surface area contributed by atoms with Crippen LogP contribution in [0.2, 0.25) is 0 Å². The second-order valence-electron chi connectivity index (χ2n) is 5.21. The Labute approximate surface area is 131 Å². The van der Waals surface area contributed by atoms with Gasteiger partial charge in [-0.15, -0.1) is 0 Å². The number of methoxy groups -OCH3 is 1. The van der Waals surface area contributed by atoms with Gasteiger partial charge in [-0.05, 0) is 31.5 Å². The average Bonchev–Trinajstić information content (AvgIpc) is 2.86. The van der Waals surface area contributed by atoms with Crippen molar-refractivity contribution in [2.75, 3.05) is 14.2 Å². The van der Waals surface area contributed by atoms with Crippen LogP contribution in [0.25, 0.3) is 0 Å². The highest BCUT2D eigenvalue weighted by atomic mass is 32.2. The van der Waals surface area contributed by atoms with E-state index in [1.165, 1.54) is 10.5 Å². The van der Waals surface area contributed by atoms with Gasteiger partial charge in [-0.1, -0.05) is 12.1 Å². The number of nitrogens with zero attached hydrogens (tertiary/aromatic N) is 3. The zero-order valence-electron chi connectivity index (χ0n) is 13.4. The Balaban J connectivity index is 2.34. The number of benzene rings is 1. The molecule has 7 heteroatoms. The van der Waals surface area contributed by atoms with Crippen molar-refractivity contribution in [3.8, 4) is 5.75 Å². The van der Waals surface area contributed by atoms with Crippen molar-refractivity contribution in [1.29, 1.82) is 0 Å². The van der Waals surface area contributed by atoms with E-state index in [-0.39, 0.29) is 11.1 Å². The first-order valence-corrected chi connectivity index (χ1v) is 8.33. The van der Waals surface area contributed by atoms with E-state index in [1.807, 2.05) is 31.2 Å². The van der Waals surface area contributed by atoms with Gasteiger partial charge in [-0.3, -0.25) is 0 Å². The van der Waals surface area contributed by atoms with Crippen LogP contribution in [-0.2, 0) is 17.1 Å². The maximum absolute atomic E-state index is 12.7. The molecule has 1 unspecified atom stereocenters. The number of hydrogen-bond donors (Lipinski definition) is 0. The van der Waals surface area contributed by atoms with Crippen LogP contribution in [0.15, 0.2) is 35.5 Å². The van der Waals surface area contributed by atoms with Gasteiger partial charge in [0, 0.05) is 26.3 Å². The van der Waals surface area contributed by atoms with Crippen LogP contribution >= 0.6 is 0 Å².